The Hall–Kier alpha value is -2.20. The van der Waals surface area contributed by atoms with Gasteiger partial charge in [-0.3, -0.25) is 4.79 Å². The highest BCUT2D eigenvalue weighted by Crippen LogP contribution is 2.22. The van der Waals surface area contributed by atoms with Gasteiger partial charge >= 0.3 is 0 Å². The molecule has 1 aromatic carbocycles. The summed E-state index contributed by atoms with van der Waals surface area (Å²) in [7, 11) is 0. The van der Waals surface area contributed by atoms with E-state index in [4.69, 9.17) is 0 Å². The van der Waals surface area contributed by atoms with E-state index in [1.807, 2.05) is 41.3 Å². The highest BCUT2D eigenvalue weighted by atomic mass is 16.3. The topological polar surface area (TPSA) is 53.4 Å². The van der Waals surface area contributed by atoms with E-state index in [1.165, 1.54) is 0 Å². The number of piperidine rings is 1. The molecule has 1 aliphatic rings. The molecule has 120 valence electrons. The molecule has 1 amide bonds. The second-order valence-electron chi connectivity index (χ2n) is 6.23. The Balaban J connectivity index is 1.73. The summed E-state index contributed by atoms with van der Waals surface area (Å²) in [5.41, 5.74) is 1.70. The standard InChI is InChI=1S/C19H22N2O2/c1-14-6-7-15(13-22)12-21(14)19(23)11-10-17-9-8-16-4-2-3-5-18(16)20-17/h2-5,8-11,14-15,22H,6-7,12-13H2,1H3/b11-10+. The van der Waals surface area contributed by atoms with E-state index in [2.05, 4.69) is 11.9 Å². The number of aliphatic hydroxyl groups is 1. The first-order chi connectivity index (χ1) is 11.2. The van der Waals surface area contributed by atoms with Crippen LogP contribution in [0, 0.1) is 5.92 Å². The molecule has 2 unspecified atom stereocenters. The Morgan fingerprint density at radius 3 is 2.96 bits per heavy atom. The maximum absolute atomic E-state index is 12.4. The first-order valence-corrected chi connectivity index (χ1v) is 8.12. The molecule has 2 aromatic rings. The third kappa shape index (κ3) is 3.59. The number of hydrogen-bond acceptors (Lipinski definition) is 3. The second-order valence-corrected chi connectivity index (χ2v) is 6.23. The molecule has 1 aromatic heterocycles. The van der Waals surface area contributed by atoms with Crippen molar-refractivity contribution in [3.05, 3.63) is 48.2 Å². The number of likely N-dealkylation sites (tertiary alicyclic amines) is 1. The maximum Gasteiger partial charge on any atom is 0.246 e. The molecule has 0 radical (unpaired) electrons. The minimum atomic E-state index is -0.00870. The number of carbonyl (C=O) groups excluding carboxylic acids is 1. The van der Waals surface area contributed by atoms with Gasteiger partial charge in [0.25, 0.3) is 0 Å². The zero-order valence-corrected chi connectivity index (χ0v) is 13.4. The molecule has 1 aliphatic heterocycles. The van der Waals surface area contributed by atoms with Crippen molar-refractivity contribution in [2.45, 2.75) is 25.8 Å². The molecule has 2 heterocycles. The van der Waals surface area contributed by atoms with Gasteiger partial charge in [-0.1, -0.05) is 24.3 Å². The van der Waals surface area contributed by atoms with Gasteiger partial charge < -0.3 is 10.0 Å². The molecule has 0 aliphatic carbocycles. The van der Waals surface area contributed by atoms with Crippen LogP contribution >= 0.6 is 0 Å². The number of amides is 1. The molecule has 23 heavy (non-hydrogen) atoms. The molecule has 1 saturated heterocycles. The Morgan fingerprint density at radius 1 is 1.30 bits per heavy atom. The largest absolute Gasteiger partial charge is 0.396 e. The fourth-order valence-corrected chi connectivity index (χ4v) is 3.07. The first-order valence-electron chi connectivity index (χ1n) is 8.12. The van der Waals surface area contributed by atoms with Crippen LogP contribution in [0.5, 0.6) is 0 Å². The van der Waals surface area contributed by atoms with Crippen LogP contribution in [0.3, 0.4) is 0 Å². The average molecular weight is 310 g/mol. The van der Waals surface area contributed by atoms with Crippen LogP contribution in [-0.2, 0) is 4.79 Å². The van der Waals surface area contributed by atoms with Crippen molar-refractivity contribution in [3.63, 3.8) is 0 Å². The summed E-state index contributed by atoms with van der Waals surface area (Å²) in [5, 5.41) is 10.4. The predicted octanol–water partition coefficient (Wildman–Crippen LogP) is 2.87. The van der Waals surface area contributed by atoms with E-state index < -0.39 is 0 Å². The number of aromatic nitrogens is 1. The van der Waals surface area contributed by atoms with Crippen LogP contribution in [0.4, 0.5) is 0 Å². The van der Waals surface area contributed by atoms with Crippen LogP contribution in [0.1, 0.15) is 25.5 Å². The quantitative estimate of drug-likeness (QED) is 0.887. The lowest BCUT2D eigenvalue weighted by Gasteiger charge is -2.36. The lowest BCUT2D eigenvalue weighted by atomic mass is 9.94. The smallest absolute Gasteiger partial charge is 0.246 e. The Bertz CT molecular complexity index is 726. The number of hydrogen-bond donors (Lipinski definition) is 1. The van der Waals surface area contributed by atoms with E-state index in [9.17, 15) is 9.90 Å². The number of fused-ring (bicyclic) bond motifs is 1. The summed E-state index contributed by atoms with van der Waals surface area (Å²) in [4.78, 5) is 18.8. The highest BCUT2D eigenvalue weighted by molar-refractivity contribution is 5.92. The maximum atomic E-state index is 12.4. The first kappa shape index (κ1) is 15.7. The zero-order chi connectivity index (χ0) is 16.2. The number of aliphatic hydroxyl groups excluding tert-OH is 1. The zero-order valence-electron chi connectivity index (χ0n) is 13.4. The molecule has 0 bridgehead atoms. The van der Waals surface area contributed by atoms with Crippen molar-refractivity contribution in [3.8, 4) is 0 Å². The lowest BCUT2D eigenvalue weighted by molar-refractivity contribution is -0.130. The summed E-state index contributed by atoms with van der Waals surface area (Å²) < 4.78 is 0. The van der Waals surface area contributed by atoms with Crippen molar-refractivity contribution >= 4 is 22.9 Å². The Labute approximate surface area is 136 Å². The van der Waals surface area contributed by atoms with Crippen molar-refractivity contribution in [1.82, 2.24) is 9.88 Å². The van der Waals surface area contributed by atoms with Crippen molar-refractivity contribution < 1.29 is 9.90 Å². The van der Waals surface area contributed by atoms with Gasteiger partial charge in [0.15, 0.2) is 0 Å². The van der Waals surface area contributed by atoms with Gasteiger partial charge in [0, 0.05) is 30.7 Å². The summed E-state index contributed by atoms with van der Waals surface area (Å²) in [5.74, 6) is 0.188. The number of rotatable bonds is 3. The van der Waals surface area contributed by atoms with Crippen LogP contribution in [-0.4, -0.2) is 40.1 Å². The molecule has 0 saturated carbocycles. The van der Waals surface area contributed by atoms with Gasteiger partial charge in [0.2, 0.25) is 5.91 Å². The lowest BCUT2D eigenvalue weighted by Crippen LogP contribution is -2.45. The molecule has 1 fully saturated rings. The van der Waals surface area contributed by atoms with E-state index >= 15 is 0 Å². The van der Waals surface area contributed by atoms with E-state index in [-0.39, 0.29) is 24.5 Å². The normalized spacial score (nSPS) is 21.9. The molecule has 3 rings (SSSR count). The molecular weight excluding hydrogens is 288 g/mol. The van der Waals surface area contributed by atoms with Gasteiger partial charge in [-0.15, -0.1) is 0 Å². The highest BCUT2D eigenvalue weighted by Gasteiger charge is 2.27. The van der Waals surface area contributed by atoms with Crippen molar-refractivity contribution in [2.75, 3.05) is 13.2 Å². The van der Waals surface area contributed by atoms with E-state index in [0.29, 0.717) is 6.54 Å². The van der Waals surface area contributed by atoms with Gasteiger partial charge in [0.1, 0.15) is 0 Å². The summed E-state index contributed by atoms with van der Waals surface area (Å²) >= 11 is 0. The second kappa shape index (κ2) is 6.92. The number of para-hydroxylation sites is 1. The van der Waals surface area contributed by atoms with Crippen LogP contribution in [0.2, 0.25) is 0 Å². The SMILES string of the molecule is CC1CCC(CO)CN1C(=O)/C=C/c1ccc2ccccc2n1. The predicted molar refractivity (Wildman–Crippen MR) is 91.8 cm³/mol. The molecule has 2 atom stereocenters. The van der Waals surface area contributed by atoms with E-state index in [0.717, 1.165) is 29.4 Å². The molecule has 1 N–H and O–H groups in total. The Morgan fingerprint density at radius 2 is 2.13 bits per heavy atom. The third-order valence-corrected chi connectivity index (χ3v) is 4.54. The molecule has 4 heteroatoms. The molecule has 4 nitrogen and oxygen atoms in total. The summed E-state index contributed by atoms with van der Waals surface area (Å²) in [6.07, 6.45) is 5.29. The van der Waals surface area contributed by atoms with Crippen LogP contribution in [0.15, 0.2) is 42.5 Å². The monoisotopic (exact) mass is 310 g/mol. The summed E-state index contributed by atoms with van der Waals surface area (Å²) in [6, 6.07) is 12.1. The van der Waals surface area contributed by atoms with Gasteiger partial charge in [-0.2, -0.15) is 0 Å². The van der Waals surface area contributed by atoms with Gasteiger partial charge in [0.05, 0.1) is 11.2 Å². The molecule has 0 spiro atoms. The third-order valence-electron chi connectivity index (χ3n) is 4.54. The van der Waals surface area contributed by atoms with Gasteiger partial charge in [-0.05, 0) is 43.9 Å². The summed E-state index contributed by atoms with van der Waals surface area (Å²) in [6.45, 7) is 2.84. The number of carbonyl (C=O) groups is 1. The van der Waals surface area contributed by atoms with Gasteiger partial charge in [-0.25, -0.2) is 4.98 Å². The minimum absolute atomic E-state index is 0.00870. The number of benzene rings is 1. The van der Waals surface area contributed by atoms with E-state index in [1.54, 1.807) is 12.2 Å². The molecular formula is C19H22N2O2. The number of pyridine rings is 1. The van der Waals surface area contributed by atoms with Crippen molar-refractivity contribution in [2.24, 2.45) is 5.92 Å². The Kier molecular flexibility index (Phi) is 4.72. The number of nitrogens with zero attached hydrogens (tertiary/aromatic N) is 2. The van der Waals surface area contributed by atoms with Crippen LogP contribution in [0.25, 0.3) is 17.0 Å². The fourth-order valence-electron chi connectivity index (χ4n) is 3.07. The fraction of sp³-hybridized carbons (Fsp3) is 0.368. The minimum Gasteiger partial charge on any atom is -0.396 e. The van der Waals surface area contributed by atoms with Crippen molar-refractivity contribution in [1.29, 1.82) is 0 Å². The van der Waals surface area contributed by atoms with Crippen LogP contribution < -0.4 is 0 Å². The average Bonchev–Trinajstić information content (AvgIpc) is 2.60.